The van der Waals surface area contributed by atoms with Gasteiger partial charge in [0.05, 0.1) is 57.3 Å². The second-order valence-corrected chi connectivity index (χ2v) is 18.0. The number of imidazole rings is 2. The average Bonchev–Trinajstić information content (AvgIpc) is 4.18. The number of H-pyrrole nitrogens is 2. The van der Waals surface area contributed by atoms with Gasteiger partial charge in [0, 0.05) is 24.7 Å². The van der Waals surface area contributed by atoms with Gasteiger partial charge in [-0.15, -0.1) is 0 Å². The number of aromatic nitrogens is 4. The Kier molecular flexibility index (Phi) is 13.4. The van der Waals surface area contributed by atoms with Crippen LogP contribution in [0.5, 0.6) is 0 Å². The molecule has 2 fully saturated rings. The summed E-state index contributed by atoms with van der Waals surface area (Å²) in [6.07, 6.45) is 3.73. The number of nitrogens with one attached hydrogen (secondary N) is 4. The van der Waals surface area contributed by atoms with Gasteiger partial charge in [-0.3, -0.25) is 9.59 Å². The van der Waals surface area contributed by atoms with Crippen molar-refractivity contribution in [2.45, 2.75) is 77.8 Å². The highest BCUT2D eigenvalue weighted by molar-refractivity contribution is 6.31. The number of hydrogen-bond acceptors (Lipinski definition) is 9. The molecule has 8 rings (SSSR count). The van der Waals surface area contributed by atoms with E-state index < -0.39 is 30.3 Å². The quantitative estimate of drug-likeness (QED) is 0.104. The molecule has 0 bridgehead atoms. The topological polar surface area (TPSA) is 198 Å². The monoisotopic (exact) mass is 918 g/mol. The number of nitrogens with zero attached hydrogens (tertiary/aromatic N) is 6. The Labute approximate surface area is 388 Å². The number of carbonyl (C=O) groups is 5. The molecule has 66 heavy (non-hydrogen) atoms. The maximum Gasteiger partial charge on any atom is 0.407 e. The van der Waals surface area contributed by atoms with Crippen molar-refractivity contribution in [3.05, 3.63) is 107 Å². The van der Waals surface area contributed by atoms with Crippen LogP contribution in [-0.2, 0) is 32.2 Å². The number of hydrogen-bond donors (Lipinski definition) is 4. The highest BCUT2D eigenvalue weighted by Crippen LogP contribution is 2.36. The minimum atomic E-state index is -0.903. The summed E-state index contributed by atoms with van der Waals surface area (Å²) >= 11 is 6.47. The molecule has 0 spiro atoms. The van der Waals surface area contributed by atoms with Crippen LogP contribution in [0, 0.1) is 11.8 Å². The first kappa shape index (κ1) is 45.7. The number of aromatic amines is 2. The number of alkyl carbamates (subject to hydrolysis) is 2. The molecule has 0 radical (unpaired) electrons. The second-order valence-electron chi connectivity index (χ2n) is 17.6. The van der Waals surface area contributed by atoms with Gasteiger partial charge in [-0.2, -0.15) is 0 Å². The van der Waals surface area contributed by atoms with Crippen LogP contribution in [0.3, 0.4) is 0 Å². The number of rotatable bonds is 11. The number of likely N-dealkylation sites (tertiary alicyclic amines) is 1. The van der Waals surface area contributed by atoms with E-state index in [1.165, 1.54) is 14.2 Å². The van der Waals surface area contributed by atoms with Crippen LogP contribution in [0.1, 0.15) is 75.4 Å². The van der Waals surface area contributed by atoms with Gasteiger partial charge in [0.15, 0.2) is 0 Å². The highest BCUT2D eigenvalue weighted by Gasteiger charge is 2.44. The third kappa shape index (κ3) is 9.29. The number of carbonyl (C=O) groups excluding carboxylic acids is 5. The Morgan fingerprint density at radius 3 is 1.71 bits per heavy atom. The minimum Gasteiger partial charge on any atom is -0.453 e. The van der Waals surface area contributed by atoms with Gasteiger partial charge in [0.25, 0.3) is 0 Å². The third-order valence-electron chi connectivity index (χ3n) is 12.7. The van der Waals surface area contributed by atoms with E-state index in [0.717, 1.165) is 57.6 Å². The Bertz CT molecular complexity index is 2590. The number of methoxy groups -OCH3 is 2. The summed E-state index contributed by atoms with van der Waals surface area (Å²) in [6.45, 7) is 8.98. The lowest BCUT2D eigenvalue weighted by Crippen LogP contribution is -2.52. The van der Waals surface area contributed by atoms with Crippen molar-refractivity contribution in [3.8, 4) is 33.6 Å². The van der Waals surface area contributed by atoms with E-state index in [-0.39, 0.29) is 48.9 Å². The largest absolute Gasteiger partial charge is 0.453 e. The number of benzene rings is 3. The van der Waals surface area contributed by atoms with Crippen LogP contribution in [0.2, 0.25) is 5.02 Å². The van der Waals surface area contributed by atoms with Crippen molar-refractivity contribution in [2.75, 3.05) is 34.0 Å². The summed E-state index contributed by atoms with van der Waals surface area (Å²) in [6, 6.07) is 19.1. The van der Waals surface area contributed by atoms with Gasteiger partial charge < -0.3 is 49.7 Å². The van der Waals surface area contributed by atoms with Crippen molar-refractivity contribution in [2.24, 2.45) is 11.8 Å². The Balaban J connectivity index is 0.960. The van der Waals surface area contributed by atoms with Gasteiger partial charge in [-0.1, -0.05) is 100.0 Å². The minimum absolute atomic E-state index is 0.00331. The zero-order valence-corrected chi connectivity index (χ0v) is 38.6. The van der Waals surface area contributed by atoms with E-state index in [2.05, 4.69) is 25.6 Å². The molecule has 2 aromatic heterocycles. The number of urea groups is 1. The number of halogens is 1. The van der Waals surface area contributed by atoms with Gasteiger partial charge in [-0.25, -0.2) is 24.4 Å². The Hall–Kier alpha value is -6.88. The molecule has 3 aromatic carbocycles. The second kappa shape index (κ2) is 19.3. The molecular formula is C48H55ClN10O7. The van der Waals surface area contributed by atoms with Crippen LogP contribution in [-0.4, -0.2) is 116 Å². The highest BCUT2D eigenvalue weighted by atomic mass is 35.5. The van der Waals surface area contributed by atoms with Crippen molar-refractivity contribution < 1.29 is 33.4 Å². The summed E-state index contributed by atoms with van der Waals surface area (Å²) in [5.41, 5.74) is 7.29. The van der Waals surface area contributed by atoms with Gasteiger partial charge in [0.2, 0.25) is 11.8 Å². The average molecular weight is 919 g/mol. The number of amides is 6. The molecule has 4 N–H and O–H groups in total. The standard InChI is InChI=1S/C48H55ClN10O7/c1-27(2)40(54-46(62)65-5)44(60)58-20-8-11-38(58)42-50-21-36(52-42)31-16-12-29(13-17-31)30-14-18-32(19-15-30)37-22-51-43(53-37)39-25-57(26-59(39)45(61)41(28(3)4)55-47(63)66-6)48(64)56-23-33-9-7-10-35(49)34(33)24-56/h7,9-10,12-19,21-22,27-28,38-41H,8,11,20,23-26H2,1-6H3,(H,50,52)(H,51,53)(H,54,62)(H,55,63)/t38-,39?,40-,41-/m0/s1. The molecule has 0 saturated carbocycles. The number of fused-ring (bicyclic) bond motifs is 1. The molecule has 0 aliphatic carbocycles. The summed E-state index contributed by atoms with van der Waals surface area (Å²) in [5, 5.41) is 5.98. The lowest BCUT2D eigenvalue weighted by molar-refractivity contribution is -0.136. The lowest BCUT2D eigenvalue weighted by Gasteiger charge is -2.30. The van der Waals surface area contributed by atoms with Crippen LogP contribution in [0.25, 0.3) is 33.6 Å². The van der Waals surface area contributed by atoms with Gasteiger partial charge >= 0.3 is 18.2 Å². The van der Waals surface area contributed by atoms with Crippen LogP contribution in [0.4, 0.5) is 14.4 Å². The summed E-state index contributed by atoms with van der Waals surface area (Å²) in [4.78, 5) is 89.2. The fourth-order valence-corrected chi connectivity index (χ4v) is 9.27. The fraction of sp³-hybridized carbons (Fsp3) is 0.396. The zero-order chi connectivity index (χ0) is 46.8. The molecule has 3 aliphatic heterocycles. The summed E-state index contributed by atoms with van der Waals surface area (Å²) in [5.74, 6) is 0.293. The van der Waals surface area contributed by atoms with Crippen molar-refractivity contribution in [3.63, 3.8) is 0 Å². The Morgan fingerprint density at radius 1 is 0.682 bits per heavy atom. The third-order valence-corrected chi connectivity index (χ3v) is 13.1. The normalized spacial score (nSPS) is 17.8. The summed E-state index contributed by atoms with van der Waals surface area (Å²) in [7, 11) is 2.53. The molecule has 18 heteroatoms. The zero-order valence-electron chi connectivity index (χ0n) is 37.8. The maximum absolute atomic E-state index is 14.3. The smallest absolute Gasteiger partial charge is 0.407 e. The molecule has 2 saturated heterocycles. The van der Waals surface area contributed by atoms with Gasteiger partial charge in [0.1, 0.15) is 29.8 Å². The molecule has 1 unspecified atom stereocenters. The molecular weight excluding hydrogens is 864 g/mol. The van der Waals surface area contributed by atoms with Crippen molar-refractivity contribution in [1.29, 1.82) is 0 Å². The van der Waals surface area contributed by atoms with Crippen LogP contribution < -0.4 is 10.6 Å². The lowest BCUT2D eigenvalue weighted by atomic mass is 10.0. The first-order valence-electron chi connectivity index (χ1n) is 22.2. The van der Waals surface area contributed by atoms with E-state index in [9.17, 15) is 24.0 Å². The first-order valence-corrected chi connectivity index (χ1v) is 22.5. The van der Waals surface area contributed by atoms with Crippen molar-refractivity contribution >= 4 is 41.6 Å². The summed E-state index contributed by atoms with van der Waals surface area (Å²) < 4.78 is 9.60. The fourth-order valence-electron chi connectivity index (χ4n) is 9.02. The van der Waals surface area contributed by atoms with E-state index in [1.807, 2.05) is 94.4 Å². The van der Waals surface area contributed by atoms with Gasteiger partial charge in [-0.05, 0) is 64.1 Å². The number of ether oxygens (including phenoxy) is 2. The molecule has 346 valence electrons. The molecule has 17 nitrogen and oxygen atoms in total. The van der Waals surface area contributed by atoms with Crippen LogP contribution in [0.15, 0.2) is 79.1 Å². The molecule has 5 aromatic rings. The SMILES string of the molecule is COC(=O)N[C@H](C(=O)N1CN(C(=O)N2Cc3cccc(Cl)c3C2)CC1c1ncc(-c2ccc(-c3ccc(-c4cnc([C@@H]5CCCN5C(=O)[C@@H](NC(=O)OC)C(C)C)[nH]4)cc3)cc2)[nH]1)C(C)C. The van der Waals surface area contributed by atoms with E-state index in [1.54, 1.807) is 32.0 Å². The predicted octanol–water partition coefficient (Wildman–Crippen LogP) is 7.49. The van der Waals surface area contributed by atoms with E-state index in [0.29, 0.717) is 36.3 Å². The van der Waals surface area contributed by atoms with Crippen LogP contribution >= 0.6 is 11.6 Å². The van der Waals surface area contributed by atoms with E-state index in [4.69, 9.17) is 26.1 Å². The molecule has 3 aliphatic rings. The van der Waals surface area contributed by atoms with E-state index >= 15 is 0 Å². The Morgan fingerprint density at radius 2 is 1.20 bits per heavy atom. The molecule has 4 atom stereocenters. The maximum atomic E-state index is 14.3. The molecule has 6 amide bonds. The molecule has 5 heterocycles. The first-order chi connectivity index (χ1) is 31.7. The van der Waals surface area contributed by atoms with Crippen molar-refractivity contribution in [1.82, 2.24) is 50.2 Å². The predicted molar refractivity (Wildman–Crippen MR) is 246 cm³/mol.